The number of aryl methyl sites for hydroxylation is 1. The van der Waals surface area contributed by atoms with Crippen LogP contribution in [-0.2, 0) is 12.3 Å². The maximum absolute atomic E-state index is 12.1. The van der Waals surface area contributed by atoms with Crippen molar-refractivity contribution < 1.29 is 13.2 Å². The van der Waals surface area contributed by atoms with Gasteiger partial charge in [-0.2, -0.15) is 8.78 Å². The van der Waals surface area contributed by atoms with E-state index in [0.717, 1.165) is 11.3 Å². The Labute approximate surface area is 125 Å². The van der Waals surface area contributed by atoms with Crippen molar-refractivity contribution >= 4 is 29.1 Å². The molecule has 0 radical (unpaired) electrons. The zero-order chi connectivity index (χ0) is 14.5. The molecule has 108 valence electrons. The van der Waals surface area contributed by atoms with Crippen LogP contribution < -0.4 is 5.32 Å². The highest BCUT2D eigenvalue weighted by atomic mass is 35.5. The Bertz CT molecular complexity index is 574. The molecule has 0 bridgehead atoms. The first-order valence-electron chi connectivity index (χ1n) is 6.02. The normalized spacial score (nSPS) is 11.1. The molecule has 0 fully saturated rings. The van der Waals surface area contributed by atoms with Crippen LogP contribution in [0, 0.1) is 6.92 Å². The molecule has 20 heavy (non-hydrogen) atoms. The van der Waals surface area contributed by atoms with E-state index in [4.69, 9.17) is 16.0 Å². The summed E-state index contributed by atoms with van der Waals surface area (Å²) in [7, 11) is 0. The molecular formula is C14H14ClF2NOS. The summed E-state index contributed by atoms with van der Waals surface area (Å²) in [6.45, 7) is 2.43. The summed E-state index contributed by atoms with van der Waals surface area (Å²) in [5, 5.41) is 3.80. The summed E-state index contributed by atoms with van der Waals surface area (Å²) in [5.74, 6) is -0.982. The number of thioether (sulfide) groups is 1. The molecular weight excluding hydrogens is 304 g/mol. The van der Waals surface area contributed by atoms with Gasteiger partial charge in [-0.15, -0.1) is 0 Å². The van der Waals surface area contributed by atoms with Crippen molar-refractivity contribution in [1.29, 1.82) is 0 Å². The number of hydrogen-bond acceptors (Lipinski definition) is 3. The van der Waals surface area contributed by atoms with Crippen LogP contribution in [0.15, 0.2) is 34.7 Å². The minimum absolute atomic E-state index is 0.170. The lowest BCUT2D eigenvalue weighted by molar-refractivity contribution is 0.251. The SMILES string of the molecule is Cc1ccc(NCc2ccc(CSC(F)F)o2)c(Cl)c1. The van der Waals surface area contributed by atoms with Crippen LogP contribution in [-0.4, -0.2) is 5.76 Å². The number of rotatable bonds is 6. The number of benzene rings is 1. The van der Waals surface area contributed by atoms with E-state index in [9.17, 15) is 8.78 Å². The molecule has 6 heteroatoms. The first kappa shape index (κ1) is 15.2. The van der Waals surface area contributed by atoms with E-state index in [2.05, 4.69) is 5.32 Å². The summed E-state index contributed by atoms with van der Waals surface area (Å²) in [6, 6.07) is 9.21. The third-order valence-corrected chi connectivity index (χ3v) is 3.66. The molecule has 1 heterocycles. The van der Waals surface area contributed by atoms with Gasteiger partial charge in [-0.25, -0.2) is 0 Å². The molecule has 0 amide bonds. The van der Waals surface area contributed by atoms with Crippen LogP contribution in [0.3, 0.4) is 0 Å². The van der Waals surface area contributed by atoms with Gasteiger partial charge in [-0.05, 0) is 36.8 Å². The number of nitrogens with one attached hydrogen (secondary N) is 1. The molecule has 1 aromatic carbocycles. The summed E-state index contributed by atoms with van der Waals surface area (Å²) in [4.78, 5) is 0. The second-order valence-electron chi connectivity index (χ2n) is 4.28. The van der Waals surface area contributed by atoms with Gasteiger partial charge in [0.25, 0.3) is 5.76 Å². The number of hydrogen-bond donors (Lipinski definition) is 1. The fourth-order valence-electron chi connectivity index (χ4n) is 1.69. The molecule has 1 aromatic heterocycles. The van der Waals surface area contributed by atoms with Gasteiger partial charge in [-0.3, -0.25) is 0 Å². The van der Waals surface area contributed by atoms with Gasteiger partial charge in [0, 0.05) is 0 Å². The fraction of sp³-hybridized carbons (Fsp3) is 0.286. The maximum Gasteiger partial charge on any atom is 0.284 e. The van der Waals surface area contributed by atoms with Crippen LogP contribution in [0.25, 0.3) is 0 Å². The van der Waals surface area contributed by atoms with E-state index < -0.39 is 5.76 Å². The van der Waals surface area contributed by atoms with Crippen LogP contribution in [0.4, 0.5) is 14.5 Å². The molecule has 0 atom stereocenters. The number of anilines is 1. The van der Waals surface area contributed by atoms with Crippen molar-refractivity contribution in [2.45, 2.75) is 25.0 Å². The molecule has 2 nitrogen and oxygen atoms in total. The van der Waals surface area contributed by atoms with Gasteiger partial charge in [0.2, 0.25) is 0 Å². The van der Waals surface area contributed by atoms with E-state index in [-0.39, 0.29) is 5.75 Å². The summed E-state index contributed by atoms with van der Waals surface area (Å²) in [5.41, 5.74) is 1.90. The highest BCUT2D eigenvalue weighted by molar-refractivity contribution is 7.98. The average molecular weight is 318 g/mol. The smallest absolute Gasteiger partial charge is 0.284 e. The zero-order valence-corrected chi connectivity index (χ0v) is 12.4. The van der Waals surface area contributed by atoms with E-state index in [0.29, 0.717) is 34.8 Å². The standard InChI is InChI=1S/C14H14ClF2NOS/c1-9-2-5-13(12(15)6-9)18-7-10-3-4-11(19-10)8-20-14(16)17/h2-6,14,18H,7-8H2,1H3. The number of halogens is 3. The minimum Gasteiger partial charge on any atom is -0.463 e. The third-order valence-electron chi connectivity index (χ3n) is 2.65. The molecule has 0 saturated heterocycles. The van der Waals surface area contributed by atoms with Gasteiger partial charge in [0.1, 0.15) is 11.5 Å². The van der Waals surface area contributed by atoms with Crippen molar-refractivity contribution in [2.24, 2.45) is 0 Å². The van der Waals surface area contributed by atoms with Gasteiger partial charge < -0.3 is 9.73 Å². The number of furan rings is 1. The van der Waals surface area contributed by atoms with E-state index >= 15 is 0 Å². The fourth-order valence-corrected chi connectivity index (χ4v) is 2.43. The predicted octanol–water partition coefficient (Wildman–Crippen LogP) is 5.31. The van der Waals surface area contributed by atoms with Gasteiger partial charge in [0.15, 0.2) is 0 Å². The van der Waals surface area contributed by atoms with Crippen molar-refractivity contribution in [3.05, 3.63) is 52.4 Å². The third kappa shape index (κ3) is 4.42. The highest BCUT2D eigenvalue weighted by Crippen LogP contribution is 2.24. The molecule has 0 aliphatic rings. The van der Waals surface area contributed by atoms with Gasteiger partial charge >= 0.3 is 0 Å². The molecule has 0 saturated carbocycles. The van der Waals surface area contributed by atoms with E-state index in [1.54, 1.807) is 12.1 Å². The molecule has 0 aliphatic heterocycles. The predicted molar refractivity (Wildman–Crippen MR) is 79.5 cm³/mol. The Morgan fingerprint density at radius 3 is 2.70 bits per heavy atom. The van der Waals surface area contributed by atoms with Crippen molar-refractivity contribution in [3.63, 3.8) is 0 Å². The lowest BCUT2D eigenvalue weighted by Crippen LogP contribution is -1.98. The highest BCUT2D eigenvalue weighted by Gasteiger charge is 2.08. The van der Waals surface area contributed by atoms with Crippen LogP contribution in [0.1, 0.15) is 17.1 Å². The molecule has 2 rings (SSSR count). The van der Waals surface area contributed by atoms with Crippen molar-refractivity contribution in [1.82, 2.24) is 0 Å². The van der Waals surface area contributed by atoms with Crippen LogP contribution in [0.5, 0.6) is 0 Å². The Morgan fingerprint density at radius 1 is 1.25 bits per heavy atom. The average Bonchev–Trinajstić information content (AvgIpc) is 2.83. The number of alkyl halides is 2. The van der Waals surface area contributed by atoms with E-state index in [1.807, 2.05) is 25.1 Å². The van der Waals surface area contributed by atoms with Crippen LogP contribution >= 0.6 is 23.4 Å². The molecule has 0 spiro atoms. The molecule has 2 aromatic rings. The Balaban J connectivity index is 1.90. The first-order chi connectivity index (χ1) is 9.54. The minimum atomic E-state index is -2.38. The van der Waals surface area contributed by atoms with Crippen LogP contribution in [0.2, 0.25) is 5.02 Å². The summed E-state index contributed by atoms with van der Waals surface area (Å²) in [6.07, 6.45) is 0. The molecule has 0 unspecified atom stereocenters. The zero-order valence-electron chi connectivity index (χ0n) is 10.8. The summed E-state index contributed by atoms with van der Waals surface area (Å²) >= 11 is 6.65. The lowest BCUT2D eigenvalue weighted by atomic mass is 10.2. The monoisotopic (exact) mass is 317 g/mol. The Morgan fingerprint density at radius 2 is 2.00 bits per heavy atom. The van der Waals surface area contributed by atoms with Gasteiger partial charge in [-0.1, -0.05) is 29.4 Å². The maximum atomic E-state index is 12.1. The van der Waals surface area contributed by atoms with Crippen molar-refractivity contribution in [2.75, 3.05) is 5.32 Å². The first-order valence-corrected chi connectivity index (χ1v) is 7.44. The van der Waals surface area contributed by atoms with Gasteiger partial charge in [0.05, 0.1) is 23.0 Å². The van der Waals surface area contributed by atoms with E-state index in [1.165, 1.54) is 0 Å². The largest absolute Gasteiger partial charge is 0.463 e. The van der Waals surface area contributed by atoms with Crippen molar-refractivity contribution in [3.8, 4) is 0 Å². The molecule has 1 N–H and O–H groups in total. The molecule has 0 aliphatic carbocycles. The second kappa shape index (κ2) is 6.99. The Hall–Kier alpha value is -1.20. The Kier molecular flexibility index (Phi) is 5.31. The quantitative estimate of drug-likeness (QED) is 0.781. The summed E-state index contributed by atoms with van der Waals surface area (Å²) < 4.78 is 29.6. The topological polar surface area (TPSA) is 25.2 Å². The second-order valence-corrected chi connectivity index (χ2v) is 5.66. The lowest BCUT2D eigenvalue weighted by Gasteiger charge is -2.07.